The Kier molecular flexibility index (Phi) is 13.6. The van der Waals surface area contributed by atoms with Crippen LogP contribution in [0.3, 0.4) is 0 Å². The molecule has 0 bridgehead atoms. The molecule has 4 rings (SSSR count). The number of halogens is 1. The standard InChI is InChI=1S/C36H49ClN8O5/c1-43(2)30(46)23-49-28-15-11-25(12-16-28)8-5-19-45(20-6-9-26-13-17-29(18-14-26)50-24-31(47)44(3)4)21-7-10-27(22-45)40-36(48)32-34(38)42-35(39)33(37)41-32/h11-18,27H,5-10,19-24H2,1-4H3,(H4-,38,39,40,42,48)/p+1/t27-/m0/s1. The third-order valence-electron chi connectivity index (χ3n) is 9.01. The molecule has 5 N–H and O–H groups in total. The van der Waals surface area contributed by atoms with Crippen LogP contribution in [0.25, 0.3) is 0 Å². The van der Waals surface area contributed by atoms with Gasteiger partial charge in [-0.3, -0.25) is 14.4 Å². The summed E-state index contributed by atoms with van der Waals surface area (Å²) in [5.41, 5.74) is 14.0. The Morgan fingerprint density at radius 1 is 0.820 bits per heavy atom. The highest BCUT2D eigenvalue weighted by atomic mass is 35.5. The van der Waals surface area contributed by atoms with Gasteiger partial charge >= 0.3 is 0 Å². The minimum Gasteiger partial charge on any atom is -0.484 e. The molecule has 3 aromatic rings. The van der Waals surface area contributed by atoms with Gasteiger partial charge in [0.25, 0.3) is 17.7 Å². The van der Waals surface area contributed by atoms with Crippen molar-refractivity contribution < 1.29 is 28.3 Å². The highest BCUT2D eigenvalue weighted by molar-refractivity contribution is 6.31. The lowest BCUT2D eigenvalue weighted by atomic mass is 9.99. The van der Waals surface area contributed by atoms with Crippen LogP contribution in [-0.4, -0.2) is 116 Å². The highest BCUT2D eigenvalue weighted by Gasteiger charge is 2.35. The van der Waals surface area contributed by atoms with E-state index in [9.17, 15) is 14.4 Å². The first-order chi connectivity index (χ1) is 23.8. The molecule has 13 nitrogen and oxygen atoms in total. The molecule has 1 saturated heterocycles. The van der Waals surface area contributed by atoms with E-state index in [1.54, 1.807) is 28.2 Å². The van der Waals surface area contributed by atoms with Crippen LogP contribution < -0.4 is 26.3 Å². The van der Waals surface area contributed by atoms with Gasteiger partial charge in [0.05, 0.1) is 32.2 Å². The van der Waals surface area contributed by atoms with E-state index >= 15 is 0 Å². The first kappa shape index (κ1) is 38.2. The van der Waals surface area contributed by atoms with E-state index in [0.717, 1.165) is 69.2 Å². The Labute approximate surface area is 299 Å². The average molecular weight is 710 g/mol. The number of likely N-dealkylation sites (tertiary alicyclic amines) is 1. The van der Waals surface area contributed by atoms with Crippen LogP contribution in [0, 0.1) is 0 Å². The van der Waals surface area contributed by atoms with Gasteiger partial charge in [-0.2, -0.15) is 0 Å². The van der Waals surface area contributed by atoms with Crippen LogP contribution in [0.4, 0.5) is 11.6 Å². The molecule has 1 aliphatic rings. The molecule has 1 fully saturated rings. The predicted octanol–water partition coefficient (Wildman–Crippen LogP) is 3.20. The van der Waals surface area contributed by atoms with E-state index in [-0.39, 0.29) is 53.6 Å². The number of nitrogens with zero attached hydrogens (tertiary/aromatic N) is 5. The lowest BCUT2D eigenvalue weighted by Crippen LogP contribution is -2.60. The van der Waals surface area contributed by atoms with Gasteiger partial charge in [-0.05, 0) is 61.1 Å². The van der Waals surface area contributed by atoms with Crippen molar-refractivity contribution in [2.45, 2.75) is 44.6 Å². The highest BCUT2D eigenvalue weighted by Crippen LogP contribution is 2.25. The molecule has 270 valence electrons. The Balaban J connectivity index is 1.39. The van der Waals surface area contributed by atoms with Gasteiger partial charge in [0.15, 0.2) is 35.7 Å². The van der Waals surface area contributed by atoms with Crippen molar-refractivity contribution >= 4 is 41.0 Å². The molecule has 50 heavy (non-hydrogen) atoms. The van der Waals surface area contributed by atoms with Crippen LogP contribution in [0.2, 0.25) is 5.15 Å². The summed E-state index contributed by atoms with van der Waals surface area (Å²) in [6, 6.07) is 15.7. The number of nitrogens with two attached hydrogens (primary N) is 2. The SMILES string of the molecule is CN(C)C(=O)COc1ccc(CCC[N+]2(CCCc3ccc(OCC(=O)N(C)C)cc3)CCC[C@H](NC(=O)c3nc(Cl)c(N)nc3N)C2)cc1. The number of likely N-dealkylation sites (N-methyl/N-ethyl adjacent to an activating group) is 2. The molecule has 1 aromatic heterocycles. The minimum atomic E-state index is -0.411. The van der Waals surface area contributed by atoms with Crippen molar-refractivity contribution in [2.75, 3.05) is 79.1 Å². The molecule has 2 heterocycles. The Morgan fingerprint density at radius 3 is 1.80 bits per heavy atom. The number of hydrogen-bond acceptors (Lipinski definition) is 9. The van der Waals surface area contributed by atoms with Gasteiger partial charge in [-0.25, -0.2) is 9.97 Å². The summed E-state index contributed by atoms with van der Waals surface area (Å²) in [6.07, 6.45) is 5.51. The van der Waals surface area contributed by atoms with Gasteiger partial charge < -0.3 is 40.5 Å². The molecule has 0 saturated carbocycles. The van der Waals surface area contributed by atoms with Gasteiger partial charge in [-0.1, -0.05) is 35.9 Å². The van der Waals surface area contributed by atoms with Crippen molar-refractivity contribution in [3.63, 3.8) is 0 Å². The lowest BCUT2D eigenvalue weighted by Gasteiger charge is -2.45. The second-order valence-electron chi connectivity index (χ2n) is 13.3. The van der Waals surface area contributed by atoms with Crippen LogP contribution in [-0.2, 0) is 22.4 Å². The van der Waals surface area contributed by atoms with Crippen LogP contribution >= 0.6 is 11.6 Å². The number of piperidine rings is 1. The fourth-order valence-corrected chi connectivity index (χ4v) is 6.24. The Bertz CT molecular complexity index is 1530. The van der Waals surface area contributed by atoms with Gasteiger partial charge in [0.2, 0.25) is 0 Å². The third-order valence-corrected chi connectivity index (χ3v) is 9.29. The van der Waals surface area contributed by atoms with Crippen molar-refractivity contribution in [1.82, 2.24) is 25.1 Å². The number of aromatic nitrogens is 2. The Hall–Kier alpha value is -4.62. The molecule has 3 amide bonds. The number of carbonyl (C=O) groups is 3. The molecule has 1 aliphatic heterocycles. The topological polar surface area (TPSA) is 166 Å². The van der Waals surface area contributed by atoms with E-state index in [1.807, 2.05) is 48.5 Å². The zero-order chi connectivity index (χ0) is 36.3. The zero-order valence-corrected chi connectivity index (χ0v) is 30.2. The number of anilines is 2. The van der Waals surface area contributed by atoms with Gasteiger partial charge in [-0.15, -0.1) is 0 Å². The quantitative estimate of drug-likeness (QED) is 0.189. The fourth-order valence-electron chi connectivity index (χ4n) is 6.11. The van der Waals surface area contributed by atoms with Crippen LogP contribution in [0.5, 0.6) is 11.5 Å². The monoisotopic (exact) mass is 709 g/mol. The summed E-state index contributed by atoms with van der Waals surface area (Å²) in [6.45, 7) is 3.70. The molecule has 0 spiro atoms. The summed E-state index contributed by atoms with van der Waals surface area (Å²) in [5.74, 6) is 0.665. The first-order valence-corrected chi connectivity index (χ1v) is 17.3. The minimum absolute atomic E-state index is 0.00426. The number of ether oxygens (including phenoxy) is 2. The number of amides is 3. The number of hydrogen-bond donors (Lipinski definition) is 3. The predicted molar refractivity (Wildman–Crippen MR) is 194 cm³/mol. The number of quaternary nitrogens is 1. The molecule has 1 atom stereocenters. The summed E-state index contributed by atoms with van der Waals surface area (Å²) in [4.78, 5) is 48.0. The zero-order valence-electron chi connectivity index (χ0n) is 29.5. The Morgan fingerprint density at radius 2 is 1.32 bits per heavy atom. The number of rotatable bonds is 16. The third kappa shape index (κ3) is 11.2. The molecule has 0 radical (unpaired) electrons. The molecule has 0 unspecified atom stereocenters. The van der Waals surface area contributed by atoms with Crippen LogP contribution in [0.1, 0.15) is 47.3 Å². The molecule has 0 aliphatic carbocycles. The maximum atomic E-state index is 13.2. The van der Waals surface area contributed by atoms with Gasteiger partial charge in [0.1, 0.15) is 11.5 Å². The number of aryl methyl sites for hydroxylation is 2. The smallest absolute Gasteiger partial charge is 0.274 e. The van der Waals surface area contributed by atoms with E-state index < -0.39 is 5.91 Å². The lowest BCUT2D eigenvalue weighted by molar-refractivity contribution is -0.933. The average Bonchev–Trinajstić information content (AvgIpc) is 3.08. The number of benzene rings is 2. The van der Waals surface area contributed by atoms with Crippen molar-refractivity contribution in [3.05, 3.63) is 70.5 Å². The number of nitrogen functional groups attached to an aromatic ring is 2. The van der Waals surface area contributed by atoms with Crippen LogP contribution in [0.15, 0.2) is 48.5 Å². The van der Waals surface area contributed by atoms with E-state index in [0.29, 0.717) is 11.5 Å². The van der Waals surface area contributed by atoms with Crippen molar-refractivity contribution in [1.29, 1.82) is 0 Å². The summed E-state index contributed by atoms with van der Waals surface area (Å²) < 4.78 is 12.1. The fraction of sp³-hybridized carbons (Fsp3) is 0.472. The molecular formula is C36H50ClN8O5+. The number of nitrogens with one attached hydrogen (secondary N) is 1. The van der Waals surface area contributed by atoms with E-state index in [4.69, 9.17) is 32.5 Å². The largest absolute Gasteiger partial charge is 0.484 e. The summed E-state index contributed by atoms with van der Waals surface area (Å²) >= 11 is 6.05. The second kappa shape index (κ2) is 17.9. The summed E-state index contributed by atoms with van der Waals surface area (Å²) in [7, 11) is 6.81. The maximum Gasteiger partial charge on any atom is 0.274 e. The molecule has 14 heteroatoms. The number of carbonyl (C=O) groups excluding carboxylic acids is 3. The second-order valence-corrected chi connectivity index (χ2v) is 13.6. The normalized spacial score (nSPS) is 15.2. The van der Waals surface area contributed by atoms with Gasteiger partial charge in [0, 0.05) is 41.0 Å². The first-order valence-electron chi connectivity index (χ1n) is 16.9. The molecular weight excluding hydrogens is 660 g/mol. The maximum absolute atomic E-state index is 13.2. The van der Waals surface area contributed by atoms with Crippen molar-refractivity contribution in [3.8, 4) is 11.5 Å². The molecule has 2 aromatic carbocycles. The van der Waals surface area contributed by atoms with E-state index in [2.05, 4.69) is 15.3 Å². The summed E-state index contributed by atoms with van der Waals surface area (Å²) in [5, 5.41) is 3.09. The van der Waals surface area contributed by atoms with Crippen molar-refractivity contribution in [2.24, 2.45) is 0 Å². The van der Waals surface area contributed by atoms with E-state index in [1.165, 1.54) is 20.9 Å².